The van der Waals surface area contributed by atoms with E-state index in [1.165, 1.54) is 4.90 Å². The molecule has 0 aliphatic heterocycles. The number of amides is 3. The first-order valence-electron chi connectivity index (χ1n) is 12.4. The second kappa shape index (κ2) is 12.6. The third-order valence-corrected chi connectivity index (χ3v) is 5.72. The summed E-state index contributed by atoms with van der Waals surface area (Å²) in [5.41, 5.74) is 2.91. The molecule has 0 radical (unpaired) electrons. The molecule has 2 unspecified atom stereocenters. The number of rotatable bonds is 9. The first-order chi connectivity index (χ1) is 16.8. The summed E-state index contributed by atoms with van der Waals surface area (Å²) >= 11 is 0. The van der Waals surface area contributed by atoms with Crippen LogP contribution in [0.3, 0.4) is 0 Å². The number of carbonyl (C=O) groups excluding carboxylic acids is 3. The Morgan fingerprint density at radius 1 is 1.00 bits per heavy atom. The molecule has 2 aromatic rings. The summed E-state index contributed by atoms with van der Waals surface area (Å²) < 4.78 is 5.39. The first-order valence-corrected chi connectivity index (χ1v) is 12.4. The van der Waals surface area contributed by atoms with Gasteiger partial charge >= 0.3 is 6.09 Å². The molecule has 0 spiro atoms. The topological polar surface area (TPSA) is 87.7 Å². The Labute approximate surface area is 215 Å². The van der Waals surface area contributed by atoms with E-state index in [-0.39, 0.29) is 17.7 Å². The van der Waals surface area contributed by atoms with Gasteiger partial charge in [0, 0.05) is 13.6 Å². The maximum atomic E-state index is 13.7. The van der Waals surface area contributed by atoms with Gasteiger partial charge in [-0.1, -0.05) is 67.9 Å². The van der Waals surface area contributed by atoms with Gasteiger partial charge in [-0.15, -0.1) is 0 Å². The van der Waals surface area contributed by atoms with Crippen molar-refractivity contribution in [2.45, 2.75) is 79.1 Å². The second-order valence-electron chi connectivity index (χ2n) is 10.7. The monoisotopic (exact) mass is 495 g/mol. The molecule has 0 saturated heterocycles. The largest absolute Gasteiger partial charge is 0.444 e. The van der Waals surface area contributed by atoms with Crippen LogP contribution in [0.2, 0.25) is 0 Å². The summed E-state index contributed by atoms with van der Waals surface area (Å²) in [5, 5.41) is 5.72. The number of nitrogens with one attached hydrogen (secondary N) is 2. The lowest BCUT2D eigenvalue weighted by molar-refractivity contribution is -0.141. The number of ether oxygens (including phenoxy) is 1. The summed E-state index contributed by atoms with van der Waals surface area (Å²) in [6.45, 7) is 13.5. The maximum Gasteiger partial charge on any atom is 0.408 e. The molecular weight excluding hydrogens is 454 g/mol. The zero-order valence-electron chi connectivity index (χ0n) is 22.8. The number of hydrogen-bond donors (Lipinski definition) is 2. The molecule has 0 aromatic heterocycles. The van der Waals surface area contributed by atoms with Crippen molar-refractivity contribution in [3.63, 3.8) is 0 Å². The molecule has 7 heteroatoms. The van der Waals surface area contributed by atoms with Crippen LogP contribution < -0.4 is 10.6 Å². The van der Waals surface area contributed by atoms with Gasteiger partial charge in [0.2, 0.25) is 11.8 Å². The van der Waals surface area contributed by atoms with Crippen LogP contribution in [0.15, 0.2) is 48.5 Å². The summed E-state index contributed by atoms with van der Waals surface area (Å²) in [6, 6.07) is 13.8. The van der Waals surface area contributed by atoms with E-state index in [0.29, 0.717) is 13.0 Å². The van der Waals surface area contributed by atoms with E-state index in [1.54, 1.807) is 27.8 Å². The average Bonchev–Trinajstić information content (AvgIpc) is 2.78. The Kier molecular flexibility index (Phi) is 10.1. The fourth-order valence-corrected chi connectivity index (χ4v) is 3.98. The molecule has 2 N–H and O–H groups in total. The van der Waals surface area contributed by atoms with Gasteiger partial charge in [-0.2, -0.15) is 0 Å². The van der Waals surface area contributed by atoms with Gasteiger partial charge in [0.1, 0.15) is 17.7 Å². The highest BCUT2D eigenvalue weighted by molar-refractivity contribution is 5.92. The number of carbonyl (C=O) groups is 3. The van der Waals surface area contributed by atoms with Gasteiger partial charge in [-0.25, -0.2) is 4.79 Å². The smallest absolute Gasteiger partial charge is 0.408 e. The quantitative estimate of drug-likeness (QED) is 0.509. The zero-order valence-corrected chi connectivity index (χ0v) is 22.8. The SMILES string of the molecule is Cc1ccc(C)c(C(C(=O)NCc2ccccc2)N(C)C(=O)C(CC(C)C)NC(=O)OC(C)(C)C)c1. The van der Waals surface area contributed by atoms with E-state index >= 15 is 0 Å². The Bertz CT molecular complexity index is 1040. The molecule has 0 bridgehead atoms. The van der Waals surface area contributed by atoms with Gasteiger partial charge in [-0.3, -0.25) is 9.59 Å². The van der Waals surface area contributed by atoms with E-state index in [0.717, 1.165) is 22.3 Å². The number of benzene rings is 2. The molecular formula is C29H41N3O4. The van der Waals surface area contributed by atoms with Crippen molar-refractivity contribution in [1.29, 1.82) is 0 Å². The van der Waals surface area contributed by atoms with E-state index in [9.17, 15) is 14.4 Å². The number of alkyl carbamates (subject to hydrolysis) is 1. The fraction of sp³-hybridized carbons (Fsp3) is 0.483. The van der Waals surface area contributed by atoms with Crippen molar-refractivity contribution in [3.05, 3.63) is 70.8 Å². The predicted molar refractivity (Wildman–Crippen MR) is 142 cm³/mol. The minimum Gasteiger partial charge on any atom is -0.444 e. The molecule has 0 fully saturated rings. The molecule has 196 valence electrons. The second-order valence-corrected chi connectivity index (χ2v) is 10.7. The fourth-order valence-electron chi connectivity index (χ4n) is 3.98. The molecule has 0 saturated carbocycles. The van der Waals surface area contributed by atoms with Crippen LogP contribution in [-0.2, 0) is 20.9 Å². The number of hydrogen-bond acceptors (Lipinski definition) is 4. The Morgan fingerprint density at radius 3 is 2.22 bits per heavy atom. The van der Waals surface area contributed by atoms with Gasteiger partial charge in [0.15, 0.2) is 0 Å². The Morgan fingerprint density at radius 2 is 1.64 bits per heavy atom. The molecule has 3 amide bonds. The van der Waals surface area contributed by atoms with E-state index in [2.05, 4.69) is 10.6 Å². The summed E-state index contributed by atoms with van der Waals surface area (Å²) in [7, 11) is 1.61. The molecule has 36 heavy (non-hydrogen) atoms. The predicted octanol–water partition coefficient (Wildman–Crippen LogP) is 5.06. The van der Waals surface area contributed by atoms with Crippen LogP contribution in [0.1, 0.15) is 69.3 Å². The lowest BCUT2D eigenvalue weighted by Gasteiger charge is -2.33. The summed E-state index contributed by atoms with van der Waals surface area (Å²) in [4.78, 5) is 41.3. The Balaban J connectivity index is 2.37. The lowest BCUT2D eigenvalue weighted by atomic mass is 9.95. The molecule has 2 rings (SSSR count). The standard InChI is InChI=1S/C29H41N3O4/c1-19(2)16-24(31-28(35)36-29(5,6)7)27(34)32(8)25(23-17-20(3)14-15-21(23)4)26(33)30-18-22-12-10-9-11-13-22/h9-15,17,19,24-25H,16,18H2,1-8H3,(H,30,33)(H,31,35). The minimum absolute atomic E-state index is 0.133. The Hall–Kier alpha value is -3.35. The molecule has 0 heterocycles. The summed E-state index contributed by atoms with van der Waals surface area (Å²) in [5.74, 6) is -0.507. The number of nitrogens with zero attached hydrogens (tertiary/aromatic N) is 1. The molecule has 2 atom stereocenters. The third kappa shape index (κ3) is 8.70. The van der Waals surface area contributed by atoms with Crippen LogP contribution in [0.25, 0.3) is 0 Å². The number of aryl methyl sites for hydroxylation is 2. The normalized spacial score (nSPS) is 13.0. The molecule has 0 aliphatic carbocycles. The highest BCUT2D eigenvalue weighted by Gasteiger charge is 2.35. The van der Waals surface area contributed by atoms with Crippen LogP contribution in [-0.4, -0.2) is 41.5 Å². The summed E-state index contributed by atoms with van der Waals surface area (Å²) in [6.07, 6.45) is -0.250. The van der Waals surface area contributed by atoms with E-state index < -0.39 is 23.8 Å². The highest BCUT2D eigenvalue weighted by Crippen LogP contribution is 2.26. The van der Waals surface area contributed by atoms with Crippen molar-refractivity contribution in [1.82, 2.24) is 15.5 Å². The van der Waals surface area contributed by atoms with Crippen LogP contribution >= 0.6 is 0 Å². The minimum atomic E-state index is -0.865. The van der Waals surface area contributed by atoms with Crippen LogP contribution in [0.5, 0.6) is 0 Å². The molecule has 0 aliphatic rings. The van der Waals surface area contributed by atoms with Gasteiger partial charge < -0.3 is 20.3 Å². The van der Waals surface area contributed by atoms with Crippen LogP contribution in [0.4, 0.5) is 4.79 Å². The lowest BCUT2D eigenvalue weighted by Crippen LogP contribution is -2.52. The average molecular weight is 496 g/mol. The first kappa shape index (κ1) is 28.9. The molecule has 2 aromatic carbocycles. The van der Waals surface area contributed by atoms with E-state index in [1.807, 2.05) is 76.2 Å². The maximum absolute atomic E-state index is 13.7. The van der Waals surface area contributed by atoms with Gasteiger partial charge in [0.25, 0.3) is 0 Å². The van der Waals surface area contributed by atoms with Gasteiger partial charge in [-0.05, 0) is 63.6 Å². The third-order valence-electron chi connectivity index (χ3n) is 5.72. The van der Waals surface area contributed by atoms with Crippen molar-refractivity contribution >= 4 is 17.9 Å². The van der Waals surface area contributed by atoms with Crippen LogP contribution in [0, 0.1) is 19.8 Å². The number of likely N-dealkylation sites (N-methyl/N-ethyl adjacent to an activating group) is 1. The van der Waals surface area contributed by atoms with Crippen molar-refractivity contribution in [2.75, 3.05) is 7.05 Å². The molecule has 7 nitrogen and oxygen atoms in total. The van der Waals surface area contributed by atoms with E-state index in [4.69, 9.17) is 4.74 Å². The van der Waals surface area contributed by atoms with Gasteiger partial charge in [0.05, 0.1) is 0 Å². The zero-order chi connectivity index (χ0) is 27.0. The van der Waals surface area contributed by atoms with Crippen molar-refractivity contribution in [3.8, 4) is 0 Å². The van der Waals surface area contributed by atoms with Crippen molar-refractivity contribution < 1.29 is 19.1 Å². The van der Waals surface area contributed by atoms with Crippen molar-refractivity contribution in [2.24, 2.45) is 5.92 Å². The highest BCUT2D eigenvalue weighted by atomic mass is 16.6.